The first-order chi connectivity index (χ1) is 6.81. The maximum Gasteiger partial charge on any atom is 0.233 e. The first-order valence-corrected chi connectivity index (χ1v) is 5.43. The molecule has 0 saturated heterocycles. The van der Waals surface area contributed by atoms with Gasteiger partial charge in [0.25, 0.3) is 0 Å². The van der Waals surface area contributed by atoms with Gasteiger partial charge in [-0.3, -0.25) is 0 Å². The Morgan fingerprint density at radius 2 is 2.43 bits per heavy atom. The Hall–Kier alpha value is -0.880. The number of rotatable bonds is 5. The third-order valence-electron chi connectivity index (χ3n) is 2.20. The van der Waals surface area contributed by atoms with Crippen molar-refractivity contribution in [3.05, 3.63) is 0 Å². The van der Waals surface area contributed by atoms with Gasteiger partial charge in [-0.25, -0.2) is 0 Å². The first-order valence-electron chi connectivity index (χ1n) is 4.66. The van der Waals surface area contributed by atoms with Gasteiger partial charge in [0.1, 0.15) is 0 Å². The van der Waals surface area contributed by atoms with Crippen LogP contribution in [-0.4, -0.2) is 35.7 Å². The van der Waals surface area contributed by atoms with Gasteiger partial charge in [0, 0.05) is 31.2 Å². The lowest BCUT2D eigenvalue weighted by molar-refractivity contribution is 0.205. The molecule has 0 bridgehead atoms. The molecule has 1 aromatic rings. The number of hydrogen-bond acceptors (Lipinski definition) is 6. The van der Waals surface area contributed by atoms with E-state index in [4.69, 9.17) is 10.5 Å². The Morgan fingerprint density at radius 3 is 2.93 bits per heavy atom. The molecule has 6 heteroatoms. The molecule has 0 radical (unpaired) electrons. The van der Waals surface area contributed by atoms with E-state index in [1.807, 2.05) is 0 Å². The van der Waals surface area contributed by atoms with E-state index in [2.05, 4.69) is 14.3 Å². The molecule has 0 atom stereocenters. The fraction of sp³-hybridized carbons (Fsp3) is 0.750. The molecule has 2 rings (SSSR count). The minimum Gasteiger partial charge on any atom is -0.383 e. The Bertz CT molecular complexity index is 299. The van der Waals surface area contributed by atoms with Crippen LogP contribution in [-0.2, 0) is 4.74 Å². The van der Waals surface area contributed by atoms with E-state index < -0.39 is 0 Å². The van der Waals surface area contributed by atoms with Crippen LogP contribution in [0.1, 0.15) is 12.8 Å². The Morgan fingerprint density at radius 1 is 1.64 bits per heavy atom. The van der Waals surface area contributed by atoms with Gasteiger partial charge in [-0.2, -0.15) is 9.36 Å². The number of methoxy groups -OCH3 is 1. The lowest BCUT2D eigenvalue weighted by Gasteiger charge is -2.19. The highest BCUT2D eigenvalue weighted by Crippen LogP contribution is 2.32. The standard InChI is InChI=1S/C8H14N4OS/c1-13-5-4-12(6-2-3-6)8-10-7(9)11-14-8/h6H,2-5H2,1H3,(H2,9,11). The summed E-state index contributed by atoms with van der Waals surface area (Å²) in [5.74, 6) is 0.369. The molecule has 5 nitrogen and oxygen atoms in total. The SMILES string of the molecule is COCCN(c1nc(N)ns1)C1CC1. The summed E-state index contributed by atoms with van der Waals surface area (Å²) in [7, 11) is 1.71. The maximum atomic E-state index is 5.50. The van der Waals surface area contributed by atoms with E-state index in [0.717, 1.165) is 18.3 Å². The van der Waals surface area contributed by atoms with Crippen LogP contribution in [0.2, 0.25) is 0 Å². The molecule has 1 aromatic heterocycles. The Balaban J connectivity index is 2.02. The minimum absolute atomic E-state index is 0.369. The fourth-order valence-electron chi connectivity index (χ4n) is 1.35. The molecule has 14 heavy (non-hydrogen) atoms. The third kappa shape index (κ3) is 2.13. The number of nitrogen functional groups attached to an aromatic ring is 1. The molecule has 0 unspecified atom stereocenters. The van der Waals surface area contributed by atoms with Gasteiger partial charge in [-0.15, -0.1) is 0 Å². The van der Waals surface area contributed by atoms with Crippen molar-refractivity contribution < 1.29 is 4.74 Å². The van der Waals surface area contributed by atoms with Crippen LogP contribution in [0.3, 0.4) is 0 Å². The molecule has 2 N–H and O–H groups in total. The van der Waals surface area contributed by atoms with Crippen molar-refractivity contribution in [2.45, 2.75) is 18.9 Å². The van der Waals surface area contributed by atoms with Gasteiger partial charge in [0.2, 0.25) is 11.1 Å². The van der Waals surface area contributed by atoms with Crippen LogP contribution in [0.5, 0.6) is 0 Å². The van der Waals surface area contributed by atoms with Crippen LogP contribution in [0, 0.1) is 0 Å². The molecule has 78 valence electrons. The van der Waals surface area contributed by atoms with Crippen LogP contribution in [0.15, 0.2) is 0 Å². The zero-order valence-corrected chi connectivity index (χ0v) is 8.96. The zero-order chi connectivity index (χ0) is 9.97. The predicted octanol–water partition coefficient (Wildman–Crippen LogP) is 0.736. The number of anilines is 2. The van der Waals surface area contributed by atoms with Crippen molar-refractivity contribution in [1.82, 2.24) is 9.36 Å². The molecule has 1 saturated carbocycles. The molecule has 0 spiro atoms. The second-order valence-electron chi connectivity index (χ2n) is 3.35. The smallest absolute Gasteiger partial charge is 0.233 e. The monoisotopic (exact) mass is 214 g/mol. The van der Waals surface area contributed by atoms with E-state index in [9.17, 15) is 0 Å². The fourth-order valence-corrected chi connectivity index (χ4v) is 2.05. The average molecular weight is 214 g/mol. The highest BCUT2D eigenvalue weighted by atomic mass is 32.1. The van der Waals surface area contributed by atoms with Crippen molar-refractivity contribution >= 4 is 22.6 Å². The molecule has 0 aromatic carbocycles. The highest BCUT2D eigenvalue weighted by Gasteiger charge is 2.30. The number of ether oxygens (including phenoxy) is 1. The summed E-state index contributed by atoms with van der Waals surface area (Å²) in [4.78, 5) is 6.41. The topological polar surface area (TPSA) is 64.3 Å². The van der Waals surface area contributed by atoms with E-state index >= 15 is 0 Å². The number of nitrogens with zero attached hydrogens (tertiary/aromatic N) is 3. The van der Waals surface area contributed by atoms with Crippen LogP contribution in [0.4, 0.5) is 11.1 Å². The molecular formula is C8H14N4OS. The number of aromatic nitrogens is 2. The van der Waals surface area contributed by atoms with E-state index in [1.54, 1.807) is 7.11 Å². The lowest BCUT2D eigenvalue weighted by Crippen LogP contribution is -2.29. The molecular weight excluding hydrogens is 200 g/mol. The number of hydrogen-bond donors (Lipinski definition) is 1. The van der Waals surface area contributed by atoms with Gasteiger partial charge in [0.15, 0.2) is 0 Å². The summed E-state index contributed by atoms with van der Waals surface area (Å²) < 4.78 is 9.04. The summed E-state index contributed by atoms with van der Waals surface area (Å²) in [6.07, 6.45) is 2.48. The highest BCUT2D eigenvalue weighted by molar-refractivity contribution is 7.09. The summed E-state index contributed by atoms with van der Waals surface area (Å²) in [5.41, 5.74) is 5.50. The minimum atomic E-state index is 0.369. The second kappa shape index (κ2) is 4.10. The van der Waals surface area contributed by atoms with E-state index in [-0.39, 0.29) is 0 Å². The second-order valence-corrected chi connectivity index (χ2v) is 4.08. The molecule has 0 amide bonds. The van der Waals surface area contributed by atoms with Crippen molar-refractivity contribution in [2.24, 2.45) is 0 Å². The van der Waals surface area contributed by atoms with Gasteiger partial charge in [-0.1, -0.05) is 0 Å². The van der Waals surface area contributed by atoms with Gasteiger partial charge in [-0.05, 0) is 12.8 Å². The average Bonchev–Trinajstić information content (AvgIpc) is 2.91. The molecule has 1 aliphatic carbocycles. The Kier molecular flexibility index (Phi) is 2.83. The maximum absolute atomic E-state index is 5.50. The lowest BCUT2D eigenvalue weighted by atomic mass is 10.5. The van der Waals surface area contributed by atoms with Crippen molar-refractivity contribution in [2.75, 3.05) is 30.9 Å². The summed E-state index contributed by atoms with van der Waals surface area (Å²) >= 11 is 1.36. The normalized spacial score (nSPS) is 15.8. The predicted molar refractivity (Wildman–Crippen MR) is 56.6 cm³/mol. The van der Waals surface area contributed by atoms with Crippen LogP contribution in [0.25, 0.3) is 0 Å². The largest absolute Gasteiger partial charge is 0.383 e. The molecule has 0 aliphatic heterocycles. The van der Waals surface area contributed by atoms with E-state index in [1.165, 1.54) is 24.4 Å². The summed E-state index contributed by atoms with van der Waals surface area (Å²) in [6, 6.07) is 0.623. The number of nitrogens with two attached hydrogens (primary N) is 1. The first kappa shape index (κ1) is 9.67. The van der Waals surface area contributed by atoms with Crippen molar-refractivity contribution in [3.8, 4) is 0 Å². The van der Waals surface area contributed by atoms with E-state index in [0.29, 0.717) is 12.0 Å². The van der Waals surface area contributed by atoms with Gasteiger partial charge in [0.05, 0.1) is 6.61 Å². The Labute approximate surface area is 87.0 Å². The van der Waals surface area contributed by atoms with Gasteiger partial charge >= 0.3 is 0 Å². The molecule has 1 fully saturated rings. The zero-order valence-electron chi connectivity index (χ0n) is 8.14. The summed E-state index contributed by atoms with van der Waals surface area (Å²) in [6.45, 7) is 1.59. The quantitative estimate of drug-likeness (QED) is 0.783. The summed E-state index contributed by atoms with van der Waals surface area (Å²) in [5, 5.41) is 0.919. The van der Waals surface area contributed by atoms with Crippen molar-refractivity contribution in [3.63, 3.8) is 0 Å². The van der Waals surface area contributed by atoms with Gasteiger partial charge < -0.3 is 15.4 Å². The van der Waals surface area contributed by atoms with Crippen molar-refractivity contribution in [1.29, 1.82) is 0 Å². The third-order valence-corrected chi connectivity index (χ3v) is 2.97. The molecule has 1 heterocycles. The molecule has 1 aliphatic rings. The van der Waals surface area contributed by atoms with Crippen LogP contribution >= 0.6 is 11.5 Å². The van der Waals surface area contributed by atoms with Crippen LogP contribution < -0.4 is 10.6 Å².